The Hall–Kier alpha value is -0.980. The summed E-state index contributed by atoms with van der Waals surface area (Å²) < 4.78 is 10.2. The number of nitrogens with zero attached hydrogens (tertiary/aromatic N) is 3. The van der Waals surface area contributed by atoms with Gasteiger partial charge >= 0.3 is 0 Å². The highest BCUT2D eigenvalue weighted by Crippen LogP contribution is 2.11. The third-order valence-corrected chi connectivity index (χ3v) is 2.94. The highest BCUT2D eigenvalue weighted by molar-refractivity contribution is 4.88. The van der Waals surface area contributed by atoms with Crippen molar-refractivity contribution in [1.82, 2.24) is 15.0 Å². The average Bonchev–Trinajstić information content (AvgIpc) is 2.74. The van der Waals surface area contributed by atoms with Crippen molar-refractivity contribution in [1.29, 1.82) is 0 Å². The number of hydrogen-bond acceptors (Lipinski definition) is 6. The maximum Gasteiger partial charge on any atom is 0.240 e. The van der Waals surface area contributed by atoms with Gasteiger partial charge in [0.05, 0.1) is 13.2 Å². The van der Waals surface area contributed by atoms with E-state index in [9.17, 15) is 0 Å². The minimum atomic E-state index is 0.277. The number of aromatic nitrogens is 2. The Morgan fingerprint density at radius 2 is 2.47 bits per heavy atom. The van der Waals surface area contributed by atoms with Crippen LogP contribution in [0.1, 0.15) is 24.6 Å². The maximum atomic E-state index is 5.92. The first-order chi connectivity index (χ1) is 8.28. The van der Waals surface area contributed by atoms with Crippen molar-refractivity contribution in [2.75, 3.05) is 26.8 Å². The Labute approximate surface area is 101 Å². The maximum absolute atomic E-state index is 5.92. The number of nitrogens with two attached hydrogens (primary N) is 1. The predicted octanol–water partition coefficient (Wildman–Crippen LogP) is 0.182. The summed E-state index contributed by atoms with van der Waals surface area (Å²) in [5.74, 6) is 1.38. The third-order valence-electron chi connectivity index (χ3n) is 2.94. The topological polar surface area (TPSA) is 77.4 Å². The van der Waals surface area contributed by atoms with Gasteiger partial charge in [0, 0.05) is 26.1 Å². The number of methoxy groups -OCH3 is 1. The predicted molar refractivity (Wildman–Crippen MR) is 62.4 cm³/mol. The van der Waals surface area contributed by atoms with Crippen molar-refractivity contribution in [2.24, 2.45) is 5.73 Å². The minimum Gasteiger partial charge on any atom is -0.384 e. The third kappa shape index (κ3) is 3.76. The smallest absolute Gasteiger partial charge is 0.240 e. The monoisotopic (exact) mass is 240 g/mol. The summed E-state index contributed by atoms with van der Waals surface area (Å²) in [6.45, 7) is 3.29. The second kappa shape index (κ2) is 6.09. The molecule has 17 heavy (non-hydrogen) atoms. The molecule has 1 fully saturated rings. The SMILES string of the molecule is COCCc1noc(CN2CCCC(N)C2)n1. The van der Waals surface area contributed by atoms with Crippen molar-refractivity contribution < 1.29 is 9.26 Å². The molecule has 0 amide bonds. The Morgan fingerprint density at radius 1 is 1.59 bits per heavy atom. The molecule has 0 bridgehead atoms. The fourth-order valence-corrected chi connectivity index (χ4v) is 2.08. The summed E-state index contributed by atoms with van der Waals surface area (Å²) in [7, 11) is 1.66. The fraction of sp³-hybridized carbons (Fsp3) is 0.818. The van der Waals surface area contributed by atoms with Crippen molar-refractivity contribution in [3.8, 4) is 0 Å². The Kier molecular flexibility index (Phi) is 4.47. The first kappa shape index (κ1) is 12.5. The van der Waals surface area contributed by atoms with Gasteiger partial charge in [-0.25, -0.2) is 0 Å². The first-order valence-corrected chi connectivity index (χ1v) is 6.06. The Morgan fingerprint density at radius 3 is 3.24 bits per heavy atom. The van der Waals surface area contributed by atoms with Gasteiger partial charge in [-0.15, -0.1) is 0 Å². The van der Waals surface area contributed by atoms with E-state index in [1.54, 1.807) is 7.11 Å². The van der Waals surface area contributed by atoms with Crippen molar-refractivity contribution in [2.45, 2.75) is 31.8 Å². The van der Waals surface area contributed by atoms with Gasteiger partial charge in [-0.1, -0.05) is 5.16 Å². The van der Waals surface area contributed by atoms with E-state index in [2.05, 4.69) is 15.0 Å². The van der Waals surface area contributed by atoms with Crippen LogP contribution in [0.2, 0.25) is 0 Å². The van der Waals surface area contributed by atoms with E-state index in [1.165, 1.54) is 0 Å². The lowest BCUT2D eigenvalue weighted by molar-refractivity contribution is 0.178. The van der Waals surface area contributed by atoms with Gasteiger partial charge in [-0.3, -0.25) is 4.90 Å². The molecule has 2 heterocycles. The number of likely N-dealkylation sites (tertiary alicyclic amines) is 1. The number of hydrogen-bond donors (Lipinski definition) is 1. The van der Waals surface area contributed by atoms with Gasteiger partial charge in [-0.05, 0) is 19.4 Å². The summed E-state index contributed by atoms with van der Waals surface area (Å²) in [5, 5.41) is 3.91. The molecular weight excluding hydrogens is 220 g/mol. The highest BCUT2D eigenvalue weighted by atomic mass is 16.5. The lowest BCUT2D eigenvalue weighted by Gasteiger charge is -2.29. The Balaban J connectivity index is 1.83. The van der Waals surface area contributed by atoms with Gasteiger partial charge < -0.3 is 15.0 Å². The minimum absolute atomic E-state index is 0.277. The van der Waals surface area contributed by atoms with Crippen LogP contribution in [-0.4, -0.2) is 47.9 Å². The quantitative estimate of drug-likeness (QED) is 0.791. The van der Waals surface area contributed by atoms with Crippen LogP contribution < -0.4 is 5.73 Å². The summed E-state index contributed by atoms with van der Waals surface area (Å²) in [6, 6.07) is 0.277. The molecule has 1 unspecified atom stereocenters. The second-order valence-corrected chi connectivity index (χ2v) is 4.48. The van der Waals surface area contributed by atoms with Gasteiger partial charge in [0.15, 0.2) is 5.82 Å². The lowest BCUT2D eigenvalue weighted by Crippen LogP contribution is -2.42. The van der Waals surface area contributed by atoms with Crippen LogP contribution in [0, 0.1) is 0 Å². The van der Waals surface area contributed by atoms with Crippen LogP contribution in [0.15, 0.2) is 4.52 Å². The van der Waals surface area contributed by atoms with E-state index in [0.29, 0.717) is 31.3 Å². The number of piperidine rings is 1. The first-order valence-electron chi connectivity index (χ1n) is 6.06. The molecule has 0 aromatic carbocycles. The molecule has 2 rings (SSSR count). The van der Waals surface area contributed by atoms with E-state index in [4.69, 9.17) is 15.0 Å². The van der Waals surface area contributed by atoms with E-state index in [-0.39, 0.29) is 6.04 Å². The molecule has 1 saturated heterocycles. The summed E-state index contributed by atoms with van der Waals surface area (Å²) in [4.78, 5) is 6.59. The van der Waals surface area contributed by atoms with Crippen LogP contribution in [-0.2, 0) is 17.7 Å². The molecule has 96 valence electrons. The summed E-state index contributed by atoms with van der Waals surface area (Å²) in [5.41, 5.74) is 5.92. The van der Waals surface area contributed by atoms with Crippen LogP contribution in [0.4, 0.5) is 0 Å². The molecule has 1 aliphatic rings. The number of rotatable bonds is 5. The van der Waals surface area contributed by atoms with Gasteiger partial charge in [0.2, 0.25) is 5.89 Å². The normalized spacial score (nSPS) is 21.9. The average molecular weight is 240 g/mol. The molecule has 0 aliphatic carbocycles. The molecule has 1 aromatic rings. The molecule has 0 radical (unpaired) electrons. The summed E-state index contributed by atoms with van der Waals surface area (Å²) >= 11 is 0. The molecule has 6 nitrogen and oxygen atoms in total. The van der Waals surface area contributed by atoms with E-state index >= 15 is 0 Å². The van der Waals surface area contributed by atoms with Gasteiger partial charge in [0.1, 0.15) is 0 Å². The fourth-order valence-electron chi connectivity index (χ4n) is 2.08. The van der Waals surface area contributed by atoms with Crippen LogP contribution in [0.3, 0.4) is 0 Å². The van der Waals surface area contributed by atoms with Crippen LogP contribution >= 0.6 is 0 Å². The van der Waals surface area contributed by atoms with Gasteiger partial charge in [-0.2, -0.15) is 4.98 Å². The molecule has 1 aromatic heterocycles. The molecular formula is C11H20N4O2. The van der Waals surface area contributed by atoms with E-state index < -0.39 is 0 Å². The molecule has 0 saturated carbocycles. The zero-order valence-corrected chi connectivity index (χ0v) is 10.3. The van der Waals surface area contributed by atoms with Crippen LogP contribution in [0.25, 0.3) is 0 Å². The second-order valence-electron chi connectivity index (χ2n) is 4.48. The van der Waals surface area contributed by atoms with Crippen molar-refractivity contribution >= 4 is 0 Å². The molecule has 6 heteroatoms. The van der Waals surface area contributed by atoms with E-state index in [0.717, 1.165) is 25.9 Å². The van der Waals surface area contributed by atoms with Crippen molar-refractivity contribution in [3.05, 3.63) is 11.7 Å². The number of ether oxygens (including phenoxy) is 1. The largest absolute Gasteiger partial charge is 0.384 e. The standard InChI is InChI=1S/C11H20N4O2/c1-16-6-4-10-13-11(17-14-10)8-15-5-2-3-9(12)7-15/h9H,2-8,12H2,1H3. The molecule has 2 N–H and O–H groups in total. The lowest BCUT2D eigenvalue weighted by atomic mass is 10.1. The van der Waals surface area contributed by atoms with E-state index in [1.807, 2.05) is 0 Å². The highest BCUT2D eigenvalue weighted by Gasteiger charge is 2.18. The van der Waals surface area contributed by atoms with Crippen molar-refractivity contribution in [3.63, 3.8) is 0 Å². The molecule has 1 atom stereocenters. The van der Waals surface area contributed by atoms with Gasteiger partial charge in [0.25, 0.3) is 0 Å². The Bertz CT molecular complexity index is 342. The van der Waals surface area contributed by atoms with Crippen LogP contribution in [0.5, 0.6) is 0 Å². The summed E-state index contributed by atoms with van der Waals surface area (Å²) in [6.07, 6.45) is 2.95. The molecule has 1 aliphatic heterocycles. The zero-order valence-electron chi connectivity index (χ0n) is 10.3. The molecule has 0 spiro atoms. The zero-order chi connectivity index (χ0) is 12.1.